The summed E-state index contributed by atoms with van der Waals surface area (Å²) in [7, 11) is 0. The Hall–Kier alpha value is -3.66. The van der Waals surface area contributed by atoms with E-state index in [4.69, 9.17) is 0 Å². The highest BCUT2D eigenvalue weighted by Gasteiger charge is 2.11. The molecule has 2 amide bonds. The highest BCUT2D eigenvalue weighted by atomic mass is 32.1. The van der Waals surface area contributed by atoms with Crippen LogP contribution in [-0.2, 0) is 22.4 Å². The zero-order valence-electron chi connectivity index (χ0n) is 14.9. The Labute approximate surface area is 168 Å². The number of amides is 2. The van der Waals surface area contributed by atoms with E-state index in [1.165, 1.54) is 47.7 Å². The lowest BCUT2D eigenvalue weighted by Gasteiger charge is -2.06. The van der Waals surface area contributed by atoms with E-state index >= 15 is 0 Å². The number of carbonyl (C=O) groups excluding carboxylic acids is 2. The topological polar surface area (TPSA) is 114 Å². The number of aromatic nitrogens is 1. The molecule has 1 aromatic heterocycles. The number of carbonyl (C=O) groups is 2. The third-order valence-corrected chi connectivity index (χ3v) is 4.78. The summed E-state index contributed by atoms with van der Waals surface area (Å²) < 4.78 is 13.0. The molecule has 0 aliphatic heterocycles. The molecule has 8 nitrogen and oxygen atoms in total. The van der Waals surface area contributed by atoms with Crippen LogP contribution in [0.2, 0.25) is 0 Å². The minimum atomic E-state index is -0.524. The van der Waals surface area contributed by atoms with Gasteiger partial charge in [-0.3, -0.25) is 30.6 Å². The van der Waals surface area contributed by atoms with E-state index in [1.54, 1.807) is 17.5 Å². The molecule has 0 aliphatic rings. The maximum atomic E-state index is 13.0. The third-order valence-electron chi connectivity index (χ3n) is 3.84. The Morgan fingerprint density at radius 1 is 1.00 bits per heavy atom. The van der Waals surface area contributed by atoms with Gasteiger partial charge in [-0.2, -0.15) is 0 Å². The SMILES string of the molecule is O=C(Cc1ccc([N+](=O)[O-])cc1)NNC(=O)Cc1csc(-c2ccc(F)cc2)n1. The van der Waals surface area contributed by atoms with Crippen molar-refractivity contribution >= 4 is 28.8 Å². The Balaban J connectivity index is 1.47. The number of hydrogen-bond donors (Lipinski definition) is 2. The molecule has 0 bridgehead atoms. The number of nitrogens with zero attached hydrogens (tertiary/aromatic N) is 2. The molecule has 2 N–H and O–H groups in total. The molecule has 0 radical (unpaired) electrons. The summed E-state index contributed by atoms with van der Waals surface area (Å²) in [5.41, 5.74) is 6.39. The van der Waals surface area contributed by atoms with Crippen molar-refractivity contribution in [2.75, 3.05) is 0 Å². The van der Waals surface area contributed by atoms with Crippen LogP contribution >= 0.6 is 11.3 Å². The maximum Gasteiger partial charge on any atom is 0.269 e. The van der Waals surface area contributed by atoms with Gasteiger partial charge in [-0.1, -0.05) is 12.1 Å². The van der Waals surface area contributed by atoms with Crippen molar-refractivity contribution in [1.29, 1.82) is 0 Å². The van der Waals surface area contributed by atoms with Crippen LogP contribution in [0.4, 0.5) is 10.1 Å². The summed E-state index contributed by atoms with van der Waals surface area (Å²) in [4.78, 5) is 38.3. The standard InChI is InChI=1S/C19H15FN4O4S/c20-14-5-3-13(4-6-14)19-21-15(11-29-19)10-18(26)23-22-17(25)9-12-1-7-16(8-2-12)24(27)28/h1-8,11H,9-10H2,(H,22,25)(H,23,26). The molecule has 0 spiro atoms. The molecule has 3 aromatic rings. The first-order chi connectivity index (χ1) is 13.9. The summed E-state index contributed by atoms with van der Waals surface area (Å²) in [5, 5.41) is 13.0. The minimum absolute atomic E-state index is 0.0322. The van der Waals surface area contributed by atoms with E-state index in [0.29, 0.717) is 16.3 Å². The maximum absolute atomic E-state index is 13.0. The number of nitrogens with one attached hydrogen (secondary N) is 2. The second kappa shape index (κ2) is 9.02. The Morgan fingerprint density at radius 2 is 1.62 bits per heavy atom. The van der Waals surface area contributed by atoms with E-state index < -0.39 is 16.7 Å². The van der Waals surface area contributed by atoms with Crippen molar-refractivity contribution in [1.82, 2.24) is 15.8 Å². The first kappa shape index (κ1) is 20.1. The molecule has 0 fully saturated rings. The van der Waals surface area contributed by atoms with Crippen molar-refractivity contribution < 1.29 is 18.9 Å². The number of nitro groups is 1. The molecule has 3 rings (SSSR count). The number of hydrazine groups is 1. The van der Waals surface area contributed by atoms with Gasteiger partial charge in [0.2, 0.25) is 11.8 Å². The minimum Gasteiger partial charge on any atom is -0.273 e. The monoisotopic (exact) mass is 414 g/mol. The van der Waals surface area contributed by atoms with Crippen LogP contribution in [0, 0.1) is 15.9 Å². The molecular weight excluding hydrogens is 399 g/mol. The predicted molar refractivity (Wildman–Crippen MR) is 104 cm³/mol. The fraction of sp³-hybridized carbons (Fsp3) is 0.105. The fourth-order valence-corrected chi connectivity index (χ4v) is 3.25. The second-order valence-electron chi connectivity index (χ2n) is 6.02. The van der Waals surface area contributed by atoms with Gasteiger partial charge in [-0.25, -0.2) is 9.37 Å². The van der Waals surface area contributed by atoms with Gasteiger partial charge >= 0.3 is 0 Å². The lowest BCUT2D eigenvalue weighted by atomic mass is 10.1. The molecule has 148 valence electrons. The lowest BCUT2D eigenvalue weighted by molar-refractivity contribution is -0.384. The molecule has 0 saturated carbocycles. The molecule has 0 unspecified atom stereocenters. The van der Waals surface area contributed by atoms with E-state index in [0.717, 1.165) is 5.56 Å². The van der Waals surface area contributed by atoms with Gasteiger partial charge < -0.3 is 0 Å². The summed E-state index contributed by atoms with van der Waals surface area (Å²) in [6.07, 6.45) is -0.0702. The summed E-state index contributed by atoms with van der Waals surface area (Å²) in [6, 6.07) is 11.5. The van der Waals surface area contributed by atoms with E-state index in [-0.39, 0.29) is 24.3 Å². The number of thiazole rings is 1. The molecule has 0 saturated heterocycles. The van der Waals surface area contributed by atoms with Gasteiger partial charge in [0.05, 0.1) is 23.5 Å². The normalized spacial score (nSPS) is 10.4. The quantitative estimate of drug-likeness (QED) is 0.476. The number of non-ortho nitro benzene ring substituents is 1. The molecule has 1 heterocycles. The highest BCUT2D eigenvalue weighted by molar-refractivity contribution is 7.13. The molecule has 29 heavy (non-hydrogen) atoms. The van der Waals surface area contributed by atoms with Gasteiger partial charge in [-0.05, 0) is 29.8 Å². The Morgan fingerprint density at radius 3 is 2.24 bits per heavy atom. The number of hydrogen-bond acceptors (Lipinski definition) is 6. The van der Waals surface area contributed by atoms with Crippen LogP contribution in [0.1, 0.15) is 11.3 Å². The van der Waals surface area contributed by atoms with Crippen LogP contribution in [0.3, 0.4) is 0 Å². The summed E-state index contributed by atoms with van der Waals surface area (Å²) in [5.74, 6) is -1.25. The molecule has 0 aliphatic carbocycles. The summed E-state index contributed by atoms with van der Waals surface area (Å²) >= 11 is 1.33. The van der Waals surface area contributed by atoms with Crippen molar-refractivity contribution in [3.05, 3.63) is 81.1 Å². The van der Waals surface area contributed by atoms with Gasteiger partial charge in [0, 0.05) is 23.1 Å². The van der Waals surface area contributed by atoms with Crippen LogP contribution in [0.15, 0.2) is 53.9 Å². The van der Waals surface area contributed by atoms with Gasteiger partial charge in [0.25, 0.3) is 5.69 Å². The molecule has 2 aromatic carbocycles. The average Bonchev–Trinajstić information content (AvgIpc) is 3.16. The first-order valence-electron chi connectivity index (χ1n) is 8.42. The number of nitro benzene ring substituents is 1. The molecule has 0 atom stereocenters. The fourth-order valence-electron chi connectivity index (χ4n) is 2.43. The van der Waals surface area contributed by atoms with Crippen LogP contribution < -0.4 is 10.9 Å². The highest BCUT2D eigenvalue weighted by Crippen LogP contribution is 2.24. The number of halogens is 1. The molecular formula is C19H15FN4O4S. The van der Waals surface area contributed by atoms with E-state index in [9.17, 15) is 24.1 Å². The smallest absolute Gasteiger partial charge is 0.269 e. The van der Waals surface area contributed by atoms with E-state index in [1.807, 2.05) is 0 Å². The lowest BCUT2D eigenvalue weighted by Crippen LogP contribution is -2.43. The van der Waals surface area contributed by atoms with Crippen LogP contribution in [0.5, 0.6) is 0 Å². The van der Waals surface area contributed by atoms with Crippen LogP contribution in [-0.4, -0.2) is 21.7 Å². The number of benzene rings is 2. The van der Waals surface area contributed by atoms with Crippen LogP contribution in [0.25, 0.3) is 10.6 Å². The van der Waals surface area contributed by atoms with Gasteiger partial charge in [0.15, 0.2) is 0 Å². The summed E-state index contributed by atoms with van der Waals surface area (Å²) in [6.45, 7) is 0. The average molecular weight is 414 g/mol. The second-order valence-corrected chi connectivity index (χ2v) is 6.88. The van der Waals surface area contributed by atoms with Gasteiger partial charge in [-0.15, -0.1) is 11.3 Å². The van der Waals surface area contributed by atoms with Crippen molar-refractivity contribution in [3.63, 3.8) is 0 Å². The van der Waals surface area contributed by atoms with E-state index in [2.05, 4.69) is 15.8 Å². The van der Waals surface area contributed by atoms with Crippen molar-refractivity contribution in [3.8, 4) is 10.6 Å². The Kier molecular flexibility index (Phi) is 6.25. The van der Waals surface area contributed by atoms with Crippen molar-refractivity contribution in [2.45, 2.75) is 12.8 Å². The zero-order valence-corrected chi connectivity index (χ0v) is 15.7. The third kappa shape index (κ3) is 5.66. The zero-order chi connectivity index (χ0) is 20.8. The Bertz CT molecular complexity index is 1040. The predicted octanol–water partition coefficient (Wildman–Crippen LogP) is 2.79. The largest absolute Gasteiger partial charge is 0.273 e. The first-order valence-corrected chi connectivity index (χ1v) is 9.30. The van der Waals surface area contributed by atoms with Gasteiger partial charge in [0.1, 0.15) is 10.8 Å². The number of rotatable bonds is 6. The van der Waals surface area contributed by atoms with Crippen molar-refractivity contribution in [2.24, 2.45) is 0 Å². The molecule has 10 heteroatoms.